The number of hydrogen-bond acceptors (Lipinski definition) is 6. The summed E-state index contributed by atoms with van der Waals surface area (Å²) in [6, 6.07) is 14.7. The Balaban J connectivity index is 1.74. The topological polar surface area (TPSA) is 87.7 Å². The van der Waals surface area contributed by atoms with E-state index in [1.54, 1.807) is 35.3 Å². The molecule has 0 atom stereocenters. The second-order valence-electron chi connectivity index (χ2n) is 4.92. The van der Waals surface area contributed by atoms with Crippen molar-refractivity contribution in [2.45, 2.75) is 0 Å². The van der Waals surface area contributed by atoms with Gasteiger partial charge >= 0.3 is 0 Å². The molecule has 4 rings (SSSR count). The van der Waals surface area contributed by atoms with Crippen LogP contribution < -0.4 is 5.43 Å². The smallest absolute Gasteiger partial charge is 0.185 e. The van der Waals surface area contributed by atoms with Gasteiger partial charge in [0.1, 0.15) is 12.1 Å². The molecule has 0 spiro atoms. The molecular formula is C16H12N6O. The van der Waals surface area contributed by atoms with Gasteiger partial charge in [0.25, 0.3) is 0 Å². The van der Waals surface area contributed by atoms with Crippen molar-refractivity contribution in [3.8, 4) is 5.75 Å². The first-order chi connectivity index (χ1) is 11.3. The molecule has 2 heterocycles. The van der Waals surface area contributed by atoms with Gasteiger partial charge in [-0.05, 0) is 12.1 Å². The number of para-hydroxylation sites is 1. The van der Waals surface area contributed by atoms with E-state index in [0.29, 0.717) is 17.0 Å². The van der Waals surface area contributed by atoms with Gasteiger partial charge in [-0.2, -0.15) is 9.62 Å². The summed E-state index contributed by atoms with van der Waals surface area (Å²) in [6.45, 7) is 0. The quantitative estimate of drug-likeness (QED) is 0.448. The third kappa shape index (κ3) is 2.34. The number of rotatable bonds is 3. The van der Waals surface area contributed by atoms with E-state index in [9.17, 15) is 5.11 Å². The minimum atomic E-state index is 0.171. The maximum Gasteiger partial charge on any atom is 0.185 e. The highest BCUT2D eigenvalue weighted by Crippen LogP contribution is 2.23. The predicted octanol–water partition coefficient (Wildman–Crippen LogP) is 2.43. The van der Waals surface area contributed by atoms with E-state index in [1.807, 2.05) is 30.3 Å². The highest BCUT2D eigenvalue weighted by Gasteiger charge is 2.08. The number of nitrogens with zero attached hydrogens (tertiary/aromatic N) is 5. The zero-order chi connectivity index (χ0) is 15.6. The Labute approximate surface area is 130 Å². The van der Waals surface area contributed by atoms with Crippen molar-refractivity contribution >= 4 is 28.5 Å². The van der Waals surface area contributed by atoms with Crippen molar-refractivity contribution in [1.29, 1.82) is 0 Å². The number of benzene rings is 2. The lowest BCUT2D eigenvalue weighted by atomic mass is 10.2. The highest BCUT2D eigenvalue weighted by molar-refractivity contribution is 6.00. The molecule has 23 heavy (non-hydrogen) atoms. The van der Waals surface area contributed by atoms with Crippen molar-refractivity contribution < 1.29 is 5.11 Å². The van der Waals surface area contributed by atoms with Gasteiger partial charge in [-0.3, -0.25) is 5.43 Å². The molecule has 7 nitrogen and oxygen atoms in total. The minimum absolute atomic E-state index is 0.171. The summed E-state index contributed by atoms with van der Waals surface area (Å²) < 4.78 is 1.60. The van der Waals surface area contributed by atoms with Crippen molar-refractivity contribution in [1.82, 2.24) is 19.8 Å². The Morgan fingerprint density at radius 2 is 1.83 bits per heavy atom. The third-order valence-corrected chi connectivity index (χ3v) is 3.47. The summed E-state index contributed by atoms with van der Waals surface area (Å²) in [5.74, 6) is 0.754. The number of anilines is 1. The molecule has 2 aromatic carbocycles. The fourth-order valence-corrected chi connectivity index (χ4v) is 2.37. The van der Waals surface area contributed by atoms with Crippen molar-refractivity contribution in [2.75, 3.05) is 5.43 Å². The zero-order valence-corrected chi connectivity index (χ0v) is 12.0. The van der Waals surface area contributed by atoms with Crippen LogP contribution in [0.5, 0.6) is 5.75 Å². The van der Waals surface area contributed by atoms with Crippen molar-refractivity contribution in [3.05, 3.63) is 60.4 Å². The van der Waals surface area contributed by atoms with E-state index < -0.39 is 0 Å². The second-order valence-corrected chi connectivity index (χ2v) is 4.92. The molecule has 0 aliphatic carbocycles. The molecular weight excluding hydrogens is 292 g/mol. The van der Waals surface area contributed by atoms with Gasteiger partial charge in [0.2, 0.25) is 0 Å². The fraction of sp³-hybridized carbons (Fsp3) is 0. The van der Waals surface area contributed by atoms with Gasteiger partial charge in [-0.25, -0.2) is 0 Å². The number of hydrazone groups is 1. The second kappa shape index (κ2) is 5.38. The molecule has 112 valence electrons. The van der Waals surface area contributed by atoms with Crippen LogP contribution >= 0.6 is 0 Å². The Bertz CT molecular complexity index is 1020. The fourth-order valence-electron chi connectivity index (χ4n) is 2.37. The van der Waals surface area contributed by atoms with Crippen LogP contribution in [0.25, 0.3) is 16.4 Å². The number of phenolic OH excluding ortho intramolecular Hbond substituents is 1. The maximum absolute atomic E-state index is 9.74. The van der Waals surface area contributed by atoms with Gasteiger partial charge in [0.05, 0.1) is 6.21 Å². The summed E-state index contributed by atoms with van der Waals surface area (Å²) in [4.78, 5) is 0. The van der Waals surface area contributed by atoms with Gasteiger partial charge in [0, 0.05) is 16.3 Å². The van der Waals surface area contributed by atoms with Gasteiger partial charge in [-0.15, -0.1) is 15.3 Å². The van der Waals surface area contributed by atoms with Gasteiger partial charge in [-0.1, -0.05) is 36.4 Å². The molecule has 0 bridgehead atoms. The van der Waals surface area contributed by atoms with Crippen LogP contribution in [0.4, 0.5) is 5.82 Å². The Hall–Kier alpha value is -3.48. The lowest BCUT2D eigenvalue weighted by molar-refractivity contribution is 0.474. The lowest BCUT2D eigenvalue weighted by Crippen LogP contribution is -2.00. The number of aromatic hydroxyl groups is 1. The molecule has 0 unspecified atom stereocenters. The number of aromatic nitrogens is 4. The predicted molar refractivity (Wildman–Crippen MR) is 87.6 cm³/mol. The Kier molecular flexibility index (Phi) is 3.09. The SMILES string of the molecule is Oc1ccccc1/C=N/Nc1nn2cnnc2c2ccccc12. The molecule has 0 fully saturated rings. The summed E-state index contributed by atoms with van der Waals surface area (Å²) in [5, 5.41) is 28.1. The van der Waals surface area contributed by atoms with E-state index in [-0.39, 0.29) is 5.75 Å². The number of hydrogen-bond donors (Lipinski definition) is 2. The molecule has 0 saturated heterocycles. The van der Waals surface area contributed by atoms with E-state index in [1.165, 1.54) is 0 Å². The third-order valence-electron chi connectivity index (χ3n) is 3.47. The minimum Gasteiger partial charge on any atom is -0.507 e. The monoisotopic (exact) mass is 304 g/mol. The first-order valence-electron chi connectivity index (χ1n) is 6.99. The summed E-state index contributed by atoms with van der Waals surface area (Å²) in [5.41, 5.74) is 4.23. The largest absolute Gasteiger partial charge is 0.507 e. The van der Waals surface area contributed by atoms with Crippen LogP contribution in [0, 0.1) is 0 Å². The molecule has 0 amide bonds. The average molecular weight is 304 g/mol. The Morgan fingerprint density at radius 3 is 2.70 bits per heavy atom. The van der Waals surface area contributed by atoms with Gasteiger partial charge < -0.3 is 5.11 Å². The first-order valence-corrected chi connectivity index (χ1v) is 6.99. The summed E-state index contributed by atoms with van der Waals surface area (Å²) in [7, 11) is 0. The van der Waals surface area contributed by atoms with E-state index in [4.69, 9.17) is 0 Å². The Morgan fingerprint density at radius 1 is 1.04 bits per heavy atom. The van der Waals surface area contributed by atoms with E-state index in [2.05, 4.69) is 25.8 Å². The standard InChI is InChI=1S/C16H12N6O/c23-14-8-4-1-5-11(14)9-17-19-15-12-6-2-3-7-13(12)16-20-18-10-22(16)21-15/h1-10,23H,(H,19,21)/b17-9+. The number of fused-ring (bicyclic) bond motifs is 3. The molecule has 2 N–H and O–H groups in total. The molecule has 0 radical (unpaired) electrons. The normalized spacial score (nSPS) is 11.5. The van der Waals surface area contributed by atoms with Crippen LogP contribution in [0.3, 0.4) is 0 Å². The van der Waals surface area contributed by atoms with Crippen LogP contribution in [0.2, 0.25) is 0 Å². The number of nitrogens with one attached hydrogen (secondary N) is 1. The molecule has 0 aliphatic heterocycles. The van der Waals surface area contributed by atoms with Crippen LogP contribution in [-0.4, -0.2) is 31.1 Å². The van der Waals surface area contributed by atoms with Crippen LogP contribution in [0.1, 0.15) is 5.56 Å². The molecule has 7 heteroatoms. The van der Waals surface area contributed by atoms with Crippen molar-refractivity contribution in [2.24, 2.45) is 5.10 Å². The first kappa shape index (κ1) is 13.2. The van der Waals surface area contributed by atoms with Crippen LogP contribution in [-0.2, 0) is 0 Å². The summed E-state index contributed by atoms with van der Waals surface area (Å²) in [6.07, 6.45) is 3.09. The average Bonchev–Trinajstić information content (AvgIpc) is 3.05. The molecule has 2 aromatic heterocycles. The summed E-state index contributed by atoms with van der Waals surface area (Å²) >= 11 is 0. The number of phenols is 1. The molecule has 0 aliphatic rings. The maximum atomic E-state index is 9.74. The lowest BCUT2D eigenvalue weighted by Gasteiger charge is -2.06. The molecule has 4 aromatic rings. The van der Waals surface area contributed by atoms with Gasteiger partial charge in [0.15, 0.2) is 11.5 Å². The zero-order valence-electron chi connectivity index (χ0n) is 12.0. The van der Waals surface area contributed by atoms with E-state index in [0.717, 1.165) is 10.8 Å². The van der Waals surface area contributed by atoms with Crippen LogP contribution in [0.15, 0.2) is 60.0 Å². The highest BCUT2D eigenvalue weighted by atomic mass is 16.3. The molecule has 0 saturated carbocycles. The van der Waals surface area contributed by atoms with E-state index >= 15 is 0 Å². The van der Waals surface area contributed by atoms with Crippen molar-refractivity contribution in [3.63, 3.8) is 0 Å².